The van der Waals surface area contributed by atoms with Gasteiger partial charge in [0.25, 0.3) is 10.2 Å². The summed E-state index contributed by atoms with van der Waals surface area (Å²) in [4.78, 5) is 3.95. The lowest BCUT2D eigenvalue weighted by molar-refractivity contribution is 0.260. The molecule has 0 bridgehead atoms. The van der Waals surface area contributed by atoms with Crippen molar-refractivity contribution < 1.29 is 8.42 Å². The Morgan fingerprint density at radius 2 is 2.14 bits per heavy atom. The number of aromatic nitrogens is 1. The average molecular weight is 312 g/mol. The third kappa shape index (κ3) is 4.47. The van der Waals surface area contributed by atoms with Gasteiger partial charge in [0.2, 0.25) is 0 Å². The zero-order chi connectivity index (χ0) is 15.3. The van der Waals surface area contributed by atoms with Crippen LogP contribution in [0.1, 0.15) is 31.4 Å². The van der Waals surface area contributed by atoms with Crippen LogP contribution < -0.4 is 10.0 Å². The molecule has 1 aromatic rings. The molecule has 1 fully saturated rings. The Balaban J connectivity index is 2.01. The smallest absolute Gasteiger partial charge is 0.280 e. The summed E-state index contributed by atoms with van der Waals surface area (Å²) >= 11 is 0. The molecule has 0 radical (unpaired) electrons. The number of pyridine rings is 1. The molecule has 2 N–H and O–H groups in total. The van der Waals surface area contributed by atoms with Crippen molar-refractivity contribution in [1.82, 2.24) is 19.3 Å². The SMILES string of the molecule is CNCC1CCCN(S(=O)(=O)NC(C)c2ccncc2)C1. The van der Waals surface area contributed by atoms with Gasteiger partial charge < -0.3 is 5.32 Å². The summed E-state index contributed by atoms with van der Waals surface area (Å²) in [5.74, 6) is 0.386. The van der Waals surface area contributed by atoms with Crippen LogP contribution in [-0.2, 0) is 10.2 Å². The molecule has 0 aliphatic carbocycles. The lowest BCUT2D eigenvalue weighted by atomic mass is 10.00. The maximum absolute atomic E-state index is 12.5. The van der Waals surface area contributed by atoms with Gasteiger partial charge in [-0.1, -0.05) is 0 Å². The average Bonchev–Trinajstić information content (AvgIpc) is 2.48. The van der Waals surface area contributed by atoms with Crippen molar-refractivity contribution in [3.63, 3.8) is 0 Å². The maximum Gasteiger partial charge on any atom is 0.280 e. The Hall–Kier alpha value is -1.02. The monoisotopic (exact) mass is 312 g/mol. The van der Waals surface area contributed by atoms with Gasteiger partial charge in [-0.15, -0.1) is 0 Å². The molecule has 1 aliphatic rings. The van der Waals surface area contributed by atoms with E-state index in [2.05, 4.69) is 15.0 Å². The van der Waals surface area contributed by atoms with Crippen LogP contribution in [0.3, 0.4) is 0 Å². The molecule has 7 heteroatoms. The zero-order valence-corrected chi connectivity index (χ0v) is 13.4. The molecule has 1 aliphatic heterocycles. The van der Waals surface area contributed by atoms with Crippen LogP contribution in [0.2, 0.25) is 0 Å². The van der Waals surface area contributed by atoms with Crippen LogP contribution in [0.15, 0.2) is 24.5 Å². The van der Waals surface area contributed by atoms with Crippen molar-refractivity contribution >= 4 is 10.2 Å². The minimum Gasteiger partial charge on any atom is -0.319 e. The fourth-order valence-electron chi connectivity index (χ4n) is 2.72. The number of piperidine rings is 1. The molecular formula is C14H24N4O2S. The van der Waals surface area contributed by atoms with E-state index < -0.39 is 10.2 Å². The van der Waals surface area contributed by atoms with Crippen molar-refractivity contribution in [3.8, 4) is 0 Å². The highest BCUT2D eigenvalue weighted by Gasteiger charge is 2.29. The van der Waals surface area contributed by atoms with Gasteiger partial charge in [0.05, 0.1) is 0 Å². The summed E-state index contributed by atoms with van der Waals surface area (Å²) in [6, 6.07) is 3.39. The summed E-state index contributed by atoms with van der Waals surface area (Å²) in [5.41, 5.74) is 0.914. The Kier molecular flexibility index (Phi) is 5.69. The molecule has 2 atom stereocenters. The van der Waals surface area contributed by atoms with Gasteiger partial charge in [0, 0.05) is 31.5 Å². The molecule has 2 rings (SSSR count). The van der Waals surface area contributed by atoms with E-state index in [9.17, 15) is 8.42 Å². The number of nitrogens with zero attached hydrogens (tertiary/aromatic N) is 2. The van der Waals surface area contributed by atoms with E-state index >= 15 is 0 Å². The predicted molar refractivity (Wildman–Crippen MR) is 82.9 cm³/mol. The molecule has 0 aromatic carbocycles. The van der Waals surface area contributed by atoms with Crippen LogP contribution in [0, 0.1) is 5.92 Å². The third-order valence-corrected chi connectivity index (χ3v) is 5.51. The van der Waals surface area contributed by atoms with Gasteiger partial charge >= 0.3 is 0 Å². The lowest BCUT2D eigenvalue weighted by Gasteiger charge is -2.32. The summed E-state index contributed by atoms with van der Waals surface area (Å²) in [6.07, 6.45) is 5.33. The van der Waals surface area contributed by atoms with E-state index in [-0.39, 0.29) is 6.04 Å². The molecule has 0 spiro atoms. The van der Waals surface area contributed by atoms with Gasteiger partial charge in [0.1, 0.15) is 0 Å². The first-order valence-electron chi connectivity index (χ1n) is 7.35. The standard InChI is InChI=1S/C14H24N4O2S/c1-12(14-5-7-16-8-6-14)17-21(19,20)18-9-3-4-13(11-18)10-15-2/h5-8,12-13,15,17H,3-4,9-11H2,1-2H3. The van der Waals surface area contributed by atoms with E-state index in [1.54, 1.807) is 16.7 Å². The molecule has 2 heterocycles. The summed E-state index contributed by atoms with van der Waals surface area (Å²) < 4.78 is 29.3. The fraction of sp³-hybridized carbons (Fsp3) is 0.643. The molecule has 1 saturated heterocycles. The Morgan fingerprint density at radius 1 is 1.43 bits per heavy atom. The highest BCUT2D eigenvalue weighted by molar-refractivity contribution is 7.87. The highest BCUT2D eigenvalue weighted by atomic mass is 32.2. The van der Waals surface area contributed by atoms with Gasteiger partial charge in [-0.3, -0.25) is 4.98 Å². The molecule has 2 unspecified atom stereocenters. The first-order valence-corrected chi connectivity index (χ1v) is 8.79. The molecule has 21 heavy (non-hydrogen) atoms. The van der Waals surface area contributed by atoms with E-state index in [0.29, 0.717) is 19.0 Å². The van der Waals surface area contributed by atoms with Crippen molar-refractivity contribution in [1.29, 1.82) is 0 Å². The second kappa shape index (κ2) is 7.31. The van der Waals surface area contributed by atoms with Crippen molar-refractivity contribution in [2.75, 3.05) is 26.7 Å². The van der Waals surface area contributed by atoms with Gasteiger partial charge in [-0.05, 0) is 57.0 Å². The molecule has 0 amide bonds. The molecule has 6 nitrogen and oxygen atoms in total. The van der Waals surface area contributed by atoms with Crippen molar-refractivity contribution in [2.45, 2.75) is 25.8 Å². The van der Waals surface area contributed by atoms with Crippen molar-refractivity contribution in [3.05, 3.63) is 30.1 Å². The summed E-state index contributed by atoms with van der Waals surface area (Å²) in [5, 5.41) is 3.13. The van der Waals surface area contributed by atoms with Crippen LogP contribution >= 0.6 is 0 Å². The Morgan fingerprint density at radius 3 is 2.81 bits per heavy atom. The molecule has 0 saturated carbocycles. The normalized spacial score (nSPS) is 22.1. The first-order chi connectivity index (χ1) is 10.0. The van der Waals surface area contributed by atoms with Crippen LogP contribution in [-0.4, -0.2) is 44.4 Å². The van der Waals surface area contributed by atoms with E-state index in [0.717, 1.165) is 24.9 Å². The quantitative estimate of drug-likeness (QED) is 0.819. The third-order valence-electron chi connectivity index (χ3n) is 3.85. The van der Waals surface area contributed by atoms with Gasteiger partial charge in [-0.2, -0.15) is 17.4 Å². The van der Waals surface area contributed by atoms with E-state index in [1.807, 2.05) is 26.1 Å². The molecule has 118 valence electrons. The second-order valence-electron chi connectivity index (χ2n) is 5.55. The fourth-order valence-corrected chi connectivity index (χ4v) is 4.23. The maximum atomic E-state index is 12.5. The van der Waals surface area contributed by atoms with Gasteiger partial charge in [-0.25, -0.2) is 0 Å². The summed E-state index contributed by atoms with van der Waals surface area (Å²) in [7, 11) is -1.55. The Labute approximate surface area is 127 Å². The number of hydrogen-bond donors (Lipinski definition) is 2. The Bertz CT molecular complexity index is 533. The van der Waals surface area contributed by atoms with Crippen LogP contribution in [0.5, 0.6) is 0 Å². The summed E-state index contributed by atoms with van der Waals surface area (Å²) in [6.45, 7) is 3.88. The van der Waals surface area contributed by atoms with E-state index in [1.165, 1.54) is 0 Å². The zero-order valence-electron chi connectivity index (χ0n) is 12.6. The largest absolute Gasteiger partial charge is 0.319 e. The predicted octanol–water partition coefficient (Wildman–Crippen LogP) is 0.908. The highest BCUT2D eigenvalue weighted by Crippen LogP contribution is 2.20. The van der Waals surface area contributed by atoms with Crippen molar-refractivity contribution in [2.24, 2.45) is 5.92 Å². The topological polar surface area (TPSA) is 74.3 Å². The number of nitrogens with one attached hydrogen (secondary N) is 2. The molecule has 1 aromatic heterocycles. The lowest BCUT2D eigenvalue weighted by Crippen LogP contribution is -2.47. The minimum atomic E-state index is -3.45. The first kappa shape index (κ1) is 16.4. The van der Waals surface area contributed by atoms with E-state index in [4.69, 9.17) is 0 Å². The number of hydrogen-bond acceptors (Lipinski definition) is 4. The second-order valence-corrected chi connectivity index (χ2v) is 7.25. The number of rotatable bonds is 6. The van der Waals surface area contributed by atoms with Gasteiger partial charge in [0.15, 0.2) is 0 Å². The molecular weight excluding hydrogens is 288 g/mol. The minimum absolute atomic E-state index is 0.261. The van der Waals surface area contributed by atoms with Crippen LogP contribution in [0.25, 0.3) is 0 Å². The van der Waals surface area contributed by atoms with Crippen LogP contribution in [0.4, 0.5) is 0 Å².